The van der Waals surface area contributed by atoms with E-state index < -0.39 is 5.60 Å². The molecule has 0 spiro atoms. The van der Waals surface area contributed by atoms with E-state index in [0.717, 1.165) is 0 Å². The first-order valence-corrected chi connectivity index (χ1v) is 10.2. The second-order valence-corrected chi connectivity index (χ2v) is 9.03. The molecule has 0 saturated carbocycles. The molecule has 2 aromatic heterocycles. The van der Waals surface area contributed by atoms with Crippen LogP contribution in [0.4, 0.5) is 10.5 Å². The fourth-order valence-corrected chi connectivity index (χ4v) is 3.77. The summed E-state index contributed by atoms with van der Waals surface area (Å²) in [5, 5.41) is 9.30. The minimum absolute atomic E-state index is 0.0193. The molecular weight excluding hydrogens is 382 g/mol. The van der Waals surface area contributed by atoms with Gasteiger partial charge in [-0.1, -0.05) is 13.8 Å². The Kier molecular flexibility index (Phi) is 5.75. The van der Waals surface area contributed by atoms with Crippen LogP contribution in [0.1, 0.15) is 40.3 Å². The van der Waals surface area contributed by atoms with Gasteiger partial charge in [0, 0.05) is 38.8 Å². The number of anilines is 1. The highest BCUT2D eigenvalue weighted by molar-refractivity contribution is 5.89. The summed E-state index contributed by atoms with van der Waals surface area (Å²) >= 11 is 0. The van der Waals surface area contributed by atoms with Crippen LogP contribution in [0.2, 0.25) is 0 Å². The maximum absolute atomic E-state index is 12.6. The number of carbonyl (C=O) groups is 1. The maximum atomic E-state index is 12.6. The highest BCUT2D eigenvalue weighted by Crippen LogP contribution is 2.30. The molecule has 0 bridgehead atoms. The van der Waals surface area contributed by atoms with Gasteiger partial charge in [-0.25, -0.2) is 9.78 Å². The lowest BCUT2D eigenvalue weighted by molar-refractivity contribution is 0.0202. The smallest absolute Gasteiger partial charge is 0.410 e. The monoisotopic (exact) mass is 411 g/mol. The van der Waals surface area contributed by atoms with Crippen LogP contribution >= 0.6 is 0 Å². The molecule has 3 rings (SSSR count). The van der Waals surface area contributed by atoms with Gasteiger partial charge in [-0.05, 0) is 38.8 Å². The Morgan fingerprint density at radius 2 is 2.00 bits per heavy atom. The molecule has 8 heteroatoms. The van der Waals surface area contributed by atoms with Crippen LogP contribution in [0.15, 0.2) is 23.0 Å². The molecule has 3 heterocycles. The van der Waals surface area contributed by atoms with E-state index in [2.05, 4.69) is 29.8 Å². The van der Waals surface area contributed by atoms with E-state index in [4.69, 9.17) is 4.74 Å². The number of nitriles is 1. The van der Waals surface area contributed by atoms with E-state index in [9.17, 15) is 14.9 Å². The fraction of sp³-hybridized carbons (Fsp3) is 0.545. The third-order valence-corrected chi connectivity index (χ3v) is 5.33. The third kappa shape index (κ3) is 4.25. The van der Waals surface area contributed by atoms with Crippen molar-refractivity contribution in [3.63, 3.8) is 0 Å². The number of piperazine rings is 1. The summed E-state index contributed by atoms with van der Waals surface area (Å²) in [4.78, 5) is 33.6. The largest absolute Gasteiger partial charge is 0.444 e. The number of hydrogen-bond donors (Lipinski definition) is 0. The Morgan fingerprint density at radius 1 is 1.30 bits per heavy atom. The molecule has 1 amide bonds. The van der Waals surface area contributed by atoms with E-state index in [1.165, 1.54) is 4.57 Å². The topological polar surface area (TPSA) is 91.5 Å². The van der Waals surface area contributed by atoms with E-state index in [1.54, 1.807) is 30.1 Å². The Hall–Kier alpha value is -3.08. The van der Waals surface area contributed by atoms with E-state index in [-0.39, 0.29) is 23.6 Å². The second-order valence-electron chi connectivity index (χ2n) is 9.03. The van der Waals surface area contributed by atoms with Gasteiger partial charge in [0.15, 0.2) is 0 Å². The summed E-state index contributed by atoms with van der Waals surface area (Å²) in [6.07, 6.45) is -0.327. The number of aryl methyl sites for hydroxylation is 1. The molecule has 0 N–H and O–H groups in total. The second kappa shape index (κ2) is 7.98. The Labute approximate surface area is 176 Å². The van der Waals surface area contributed by atoms with Crippen molar-refractivity contribution in [3.05, 3.63) is 34.2 Å². The number of carbonyl (C=O) groups excluding carboxylic acids is 1. The fourth-order valence-electron chi connectivity index (χ4n) is 3.77. The minimum Gasteiger partial charge on any atom is -0.444 e. The van der Waals surface area contributed by atoms with E-state index in [0.29, 0.717) is 42.0 Å². The molecule has 8 nitrogen and oxygen atoms in total. The predicted octanol–water partition coefficient (Wildman–Crippen LogP) is 2.89. The van der Waals surface area contributed by atoms with Crippen molar-refractivity contribution in [2.75, 3.05) is 24.5 Å². The van der Waals surface area contributed by atoms with Crippen molar-refractivity contribution < 1.29 is 9.53 Å². The van der Waals surface area contributed by atoms with Crippen molar-refractivity contribution in [1.29, 1.82) is 5.26 Å². The molecule has 0 radical (unpaired) electrons. The van der Waals surface area contributed by atoms with Crippen molar-refractivity contribution in [2.45, 2.75) is 46.3 Å². The first kappa shape index (κ1) is 21.6. The third-order valence-electron chi connectivity index (χ3n) is 5.33. The molecule has 1 aliphatic rings. The Bertz CT molecular complexity index is 1060. The molecule has 1 saturated heterocycles. The predicted molar refractivity (Wildman–Crippen MR) is 115 cm³/mol. The molecule has 1 aliphatic heterocycles. The van der Waals surface area contributed by atoms with Gasteiger partial charge < -0.3 is 19.1 Å². The number of fused-ring (bicyclic) bond motifs is 1. The quantitative estimate of drug-likeness (QED) is 0.755. The van der Waals surface area contributed by atoms with Gasteiger partial charge in [-0.3, -0.25) is 4.79 Å². The van der Waals surface area contributed by atoms with Gasteiger partial charge in [-0.15, -0.1) is 0 Å². The highest BCUT2D eigenvalue weighted by Gasteiger charge is 2.34. The summed E-state index contributed by atoms with van der Waals surface area (Å²) < 4.78 is 7.08. The van der Waals surface area contributed by atoms with Gasteiger partial charge in [0.25, 0.3) is 5.56 Å². The number of ether oxygens (including phenoxy) is 1. The molecule has 1 atom stereocenters. The average molecular weight is 412 g/mol. The summed E-state index contributed by atoms with van der Waals surface area (Å²) in [6, 6.07) is 7.01. The molecule has 0 aliphatic carbocycles. The van der Waals surface area contributed by atoms with Crippen molar-refractivity contribution in [2.24, 2.45) is 13.0 Å². The number of rotatable bonds is 2. The highest BCUT2D eigenvalue weighted by atomic mass is 16.6. The molecule has 1 unspecified atom stereocenters. The van der Waals surface area contributed by atoms with Crippen molar-refractivity contribution in [3.8, 4) is 6.07 Å². The summed E-state index contributed by atoms with van der Waals surface area (Å²) in [7, 11) is 1.70. The molecule has 30 heavy (non-hydrogen) atoms. The van der Waals surface area contributed by atoms with Crippen molar-refractivity contribution >= 4 is 22.8 Å². The summed E-state index contributed by atoms with van der Waals surface area (Å²) in [6.45, 7) is 11.3. The van der Waals surface area contributed by atoms with Crippen LogP contribution in [0.5, 0.6) is 0 Å². The van der Waals surface area contributed by atoms with Crippen LogP contribution in [0.3, 0.4) is 0 Å². The Balaban J connectivity index is 2.02. The number of aromatic nitrogens is 2. The van der Waals surface area contributed by atoms with E-state index in [1.807, 2.05) is 20.8 Å². The number of hydrogen-bond acceptors (Lipinski definition) is 6. The molecular formula is C22H29N5O3. The lowest BCUT2D eigenvalue weighted by Crippen LogP contribution is -2.57. The standard InChI is InChI=1S/C22H29N5O3/c1-14(2)18-13-26(21(29)30-22(3,4)5)9-10-27(18)17-11-19(28)25(6)16-8-7-15(12-23)24-20(16)17/h7-8,11,14,18H,9-10,13H2,1-6H3. The van der Waals surface area contributed by atoms with Gasteiger partial charge in [0.05, 0.1) is 11.2 Å². The van der Waals surface area contributed by atoms with Crippen LogP contribution in [0, 0.1) is 17.2 Å². The molecule has 160 valence electrons. The summed E-state index contributed by atoms with van der Waals surface area (Å²) in [5.41, 5.74) is 1.60. The first-order valence-electron chi connectivity index (χ1n) is 10.2. The van der Waals surface area contributed by atoms with Gasteiger partial charge in [0.1, 0.15) is 22.9 Å². The van der Waals surface area contributed by atoms with Gasteiger partial charge in [-0.2, -0.15) is 5.26 Å². The van der Waals surface area contributed by atoms with Crippen LogP contribution in [0.25, 0.3) is 11.0 Å². The lowest BCUT2D eigenvalue weighted by Gasteiger charge is -2.44. The SMILES string of the molecule is CC(C)C1CN(C(=O)OC(C)(C)C)CCN1c1cc(=O)n(C)c2ccc(C#N)nc12. The first-order chi connectivity index (χ1) is 14.0. The maximum Gasteiger partial charge on any atom is 0.410 e. The van der Waals surface area contributed by atoms with Crippen LogP contribution in [-0.2, 0) is 11.8 Å². The normalized spacial score (nSPS) is 17.3. The van der Waals surface area contributed by atoms with E-state index >= 15 is 0 Å². The molecule has 2 aromatic rings. The average Bonchev–Trinajstić information content (AvgIpc) is 2.68. The number of pyridine rings is 2. The molecule has 0 aromatic carbocycles. The Morgan fingerprint density at radius 3 is 2.60 bits per heavy atom. The zero-order valence-corrected chi connectivity index (χ0v) is 18.5. The summed E-state index contributed by atoms with van der Waals surface area (Å²) in [5.74, 6) is 0.216. The van der Waals surface area contributed by atoms with Gasteiger partial charge in [0.2, 0.25) is 0 Å². The van der Waals surface area contributed by atoms with Crippen molar-refractivity contribution in [1.82, 2.24) is 14.5 Å². The number of nitrogens with zero attached hydrogens (tertiary/aromatic N) is 5. The zero-order valence-electron chi connectivity index (χ0n) is 18.5. The van der Waals surface area contributed by atoms with Gasteiger partial charge >= 0.3 is 6.09 Å². The van der Waals surface area contributed by atoms with Crippen LogP contribution in [-0.4, -0.2) is 51.8 Å². The molecule has 1 fully saturated rings. The minimum atomic E-state index is -0.555. The van der Waals surface area contributed by atoms with Crippen LogP contribution < -0.4 is 10.5 Å². The number of amides is 1. The zero-order chi connectivity index (χ0) is 22.2. The lowest BCUT2D eigenvalue weighted by atomic mass is 9.98.